The van der Waals surface area contributed by atoms with Gasteiger partial charge < -0.3 is 10.2 Å². The monoisotopic (exact) mass is 431 g/mol. The van der Waals surface area contributed by atoms with Crippen molar-refractivity contribution in [3.05, 3.63) is 18.0 Å². The van der Waals surface area contributed by atoms with E-state index in [-0.39, 0.29) is 29.8 Å². The first-order chi connectivity index (χ1) is 14.5. The van der Waals surface area contributed by atoms with Crippen molar-refractivity contribution >= 4 is 17.8 Å². The van der Waals surface area contributed by atoms with Crippen LogP contribution in [0.4, 0.5) is 4.79 Å². The van der Waals surface area contributed by atoms with Crippen LogP contribution in [0.1, 0.15) is 72.3 Å². The zero-order valence-corrected chi connectivity index (χ0v) is 19.8. The summed E-state index contributed by atoms with van der Waals surface area (Å²) in [5.41, 5.74) is 0.298. The Balaban J connectivity index is 1.67. The summed E-state index contributed by atoms with van der Waals surface area (Å²) in [7, 11) is 1.83. The smallest absolute Gasteiger partial charge is 0.325 e. The molecular weight excluding hydrogens is 394 g/mol. The van der Waals surface area contributed by atoms with Crippen molar-refractivity contribution in [2.45, 2.75) is 84.8 Å². The fraction of sp³-hybridized carbons (Fsp3) is 0.739. The molecule has 2 aliphatic rings. The summed E-state index contributed by atoms with van der Waals surface area (Å²) in [6.07, 6.45) is 7.78. The molecule has 1 aliphatic heterocycles. The molecule has 3 rings (SSSR count). The van der Waals surface area contributed by atoms with E-state index in [1.807, 2.05) is 27.1 Å². The Labute approximate surface area is 185 Å². The van der Waals surface area contributed by atoms with Crippen LogP contribution in [0.5, 0.6) is 0 Å². The van der Waals surface area contributed by atoms with Crippen LogP contribution in [0, 0.1) is 11.3 Å². The molecule has 1 saturated heterocycles. The molecule has 0 aromatic carbocycles. The van der Waals surface area contributed by atoms with Crippen LogP contribution in [0.15, 0.2) is 12.4 Å². The lowest BCUT2D eigenvalue weighted by atomic mass is 9.65. The van der Waals surface area contributed by atoms with Gasteiger partial charge in [-0.15, -0.1) is 0 Å². The van der Waals surface area contributed by atoms with Crippen molar-refractivity contribution in [1.29, 1.82) is 0 Å². The Kier molecular flexibility index (Phi) is 6.48. The summed E-state index contributed by atoms with van der Waals surface area (Å²) >= 11 is 0. The third kappa shape index (κ3) is 4.62. The van der Waals surface area contributed by atoms with Gasteiger partial charge in [-0.3, -0.25) is 19.2 Å². The van der Waals surface area contributed by atoms with Gasteiger partial charge in [-0.2, -0.15) is 5.10 Å². The molecule has 2 fully saturated rings. The predicted octanol–water partition coefficient (Wildman–Crippen LogP) is 3.07. The Morgan fingerprint density at radius 1 is 1.32 bits per heavy atom. The van der Waals surface area contributed by atoms with Gasteiger partial charge in [0.15, 0.2) is 0 Å². The minimum absolute atomic E-state index is 0.0610. The maximum atomic E-state index is 13.3. The summed E-state index contributed by atoms with van der Waals surface area (Å²) in [6, 6.07) is -0.509. The second kappa shape index (κ2) is 8.63. The maximum Gasteiger partial charge on any atom is 0.325 e. The normalized spacial score (nSPS) is 24.2. The lowest BCUT2D eigenvalue weighted by Crippen LogP contribution is -2.51. The lowest BCUT2D eigenvalue weighted by Gasteiger charge is -2.42. The van der Waals surface area contributed by atoms with E-state index < -0.39 is 11.6 Å². The zero-order chi connectivity index (χ0) is 23.0. The standard InChI is InChI=1S/C23H37N5O3/c1-7-22(4,5)18-8-10-23(11-9-18)20(30)28(21(31)25-23)15-19(29)27(16(2)3)14-17-12-24-26(6)13-17/h12-13,16,18H,7-11,14-15H2,1-6H3,(H,25,31). The van der Waals surface area contributed by atoms with Crippen molar-refractivity contribution in [2.24, 2.45) is 18.4 Å². The van der Waals surface area contributed by atoms with E-state index in [0.29, 0.717) is 25.3 Å². The van der Waals surface area contributed by atoms with Crippen molar-refractivity contribution in [1.82, 2.24) is 24.9 Å². The highest BCUT2D eigenvalue weighted by Crippen LogP contribution is 2.45. The molecule has 1 spiro atoms. The first-order valence-corrected chi connectivity index (χ1v) is 11.4. The number of rotatable bonds is 7. The van der Waals surface area contributed by atoms with Gasteiger partial charge in [0.25, 0.3) is 5.91 Å². The van der Waals surface area contributed by atoms with Gasteiger partial charge in [0.05, 0.1) is 6.20 Å². The van der Waals surface area contributed by atoms with Crippen molar-refractivity contribution in [2.75, 3.05) is 6.54 Å². The molecule has 0 bridgehead atoms. The highest BCUT2D eigenvalue weighted by molar-refractivity contribution is 6.09. The minimum Gasteiger partial charge on any atom is -0.334 e. The second-order valence-electron chi connectivity index (χ2n) is 10.2. The molecule has 2 heterocycles. The molecule has 0 radical (unpaired) electrons. The Hall–Kier alpha value is -2.38. The average Bonchev–Trinajstić information content (AvgIpc) is 3.22. The number of urea groups is 1. The number of imide groups is 1. The summed E-state index contributed by atoms with van der Waals surface area (Å²) in [5.74, 6) is 0.0586. The number of hydrogen-bond donors (Lipinski definition) is 1. The van der Waals surface area contributed by atoms with E-state index in [4.69, 9.17) is 0 Å². The molecule has 4 amide bonds. The number of carbonyl (C=O) groups is 3. The maximum absolute atomic E-state index is 13.3. The van der Waals surface area contributed by atoms with Crippen LogP contribution in [-0.2, 0) is 23.2 Å². The highest BCUT2D eigenvalue weighted by Gasteiger charge is 2.54. The van der Waals surface area contributed by atoms with Crippen LogP contribution in [0.2, 0.25) is 0 Å². The van der Waals surface area contributed by atoms with Crippen LogP contribution in [0.25, 0.3) is 0 Å². The number of nitrogens with zero attached hydrogens (tertiary/aromatic N) is 4. The van der Waals surface area contributed by atoms with E-state index in [9.17, 15) is 14.4 Å². The van der Waals surface area contributed by atoms with E-state index >= 15 is 0 Å². The summed E-state index contributed by atoms with van der Waals surface area (Å²) in [5, 5.41) is 7.09. The number of hydrogen-bond acceptors (Lipinski definition) is 4. The molecule has 0 unspecified atom stereocenters. The van der Waals surface area contributed by atoms with Crippen LogP contribution in [0.3, 0.4) is 0 Å². The number of amides is 4. The predicted molar refractivity (Wildman–Crippen MR) is 118 cm³/mol. The molecule has 1 aromatic rings. The van der Waals surface area contributed by atoms with Gasteiger partial charge in [-0.25, -0.2) is 4.79 Å². The number of carbonyl (C=O) groups excluding carboxylic acids is 3. The van der Waals surface area contributed by atoms with Crippen molar-refractivity contribution in [3.8, 4) is 0 Å². The fourth-order valence-corrected chi connectivity index (χ4v) is 4.87. The number of aryl methyl sites for hydroxylation is 1. The van der Waals surface area contributed by atoms with E-state index in [1.165, 1.54) is 0 Å². The molecule has 8 nitrogen and oxygen atoms in total. The van der Waals surface area contributed by atoms with E-state index in [0.717, 1.165) is 29.7 Å². The molecule has 1 aromatic heterocycles. The third-order valence-corrected chi connectivity index (χ3v) is 7.45. The molecule has 1 aliphatic carbocycles. The Morgan fingerprint density at radius 2 is 1.97 bits per heavy atom. The molecular formula is C23H37N5O3. The van der Waals surface area contributed by atoms with E-state index in [1.54, 1.807) is 15.8 Å². The summed E-state index contributed by atoms with van der Waals surface area (Å²) < 4.78 is 1.69. The lowest BCUT2D eigenvalue weighted by molar-refractivity contribution is -0.141. The fourth-order valence-electron chi connectivity index (χ4n) is 4.87. The Morgan fingerprint density at radius 3 is 2.48 bits per heavy atom. The van der Waals surface area contributed by atoms with Gasteiger partial charge in [0.2, 0.25) is 5.91 Å². The first-order valence-electron chi connectivity index (χ1n) is 11.4. The molecule has 1 N–H and O–H groups in total. The van der Waals surface area contributed by atoms with E-state index in [2.05, 4.69) is 31.2 Å². The Bertz CT molecular complexity index is 836. The summed E-state index contributed by atoms with van der Waals surface area (Å²) in [4.78, 5) is 41.8. The molecule has 1 saturated carbocycles. The van der Waals surface area contributed by atoms with Gasteiger partial charge in [-0.1, -0.05) is 27.2 Å². The number of aromatic nitrogens is 2. The van der Waals surface area contributed by atoms with Gasteiger partial charge >= 0.3 is 6.03 Å². The topological polar surface area (TPSA) is 87.5 Å². The second-order valence-corrected chi connectivity index (χ2v) is 10.2. The summed E-state index contributed by atoms with van der Waals surface area (Å²) in [6.45, 7) is 10.8. The SMILES string of the molecule is CCC(C)(C)C1CCC2(CC1)NC(=O)N(CC(=O)N(Cc1cnn(C)c1)C(C)C)C2=O. The van der Waals surface area contributed by atoms with Crippen molar-refractivity contribution < 1.29 is 14.4 Å². The molecule has 31 heavy (non-hydrogen) atoms. The zero-order valence-electron chi connectivity index (χ0n) is 19.8. The third-order valence-electron chi connectivity index (χ3n) is 7.45. The van der Waals surface area contributed by atoms with Crippen LogP contribution in [-0.4, -0.2) is 55.6 Å². The first kappa shape index (κ1) is 23.3. The van der Waals surface area contributed by atoms with Gasteiger partial charge in [-0.05, 0) is 50.9 Å². The average molecular weight is 432 g/mol. The largest absolute Gasteiger partial charge is 0.334 e. The van der Waals surface area contributed by atoms with Gasteiger partial charge in [0, 0.05) is 31.4 Å². The number of nitrogens with one attached hydrogen (secondary N) is 1. The molecule has 172 valence electrons. The van der Waals surface area contributed by atoms with Crippen LogP contribution < -0.4 is 5.32 Å². The molecule has 8 heteroatoms. The van der Waals surface area contributed by atoms with Gasteiger partial charge in [0.1, 0.15) is 12.1 Å². The van der Waals surface area contributed by atoms with Crippen molar-refractivity contribution in [3.63, 3.8) is 0 Å². The quantitative estimate of drug-likeness (QED) is 0.672. The van der Waals surface area contributed by atoms with Crippen LogP contribution >= 0.6 is 0 Å². The minimum atomic E-state index is -0.844. The molecule has 0 atom stereocenters. The highest BCUT2D eigenvalue weighted by atomic mass is 16.2.